The third kappa shape index (κ3) is 4.03. The quantitative estimate of drug-likeness (QED) is 0.845. The van der Waals surface area contributed by atoms with Gasteiger partial charge in [0.1, 0.15) is 5.69 Å². The van der Waals surface area contributed by atoms with Crippen LogP contribution in [0.4, 0.5) is 0 Å². The van der Waals surface area contributed by atoms with Gasteiger partial charge in [0.15, 0.2) is 0 Å². The second-order valence-electron chi connectivity index (χ2n) is 4.81. The zero-order valence-electron chi connectivity index (χ0n) is 12.2. The van der Waals surface area contributed by atoms with E-state index >= 15 is 0 Å². The SMILES string of the molecule is CSC(CO)C(C)NC(=O)c1cc(-c2cccc(Cl)c2)no1. The van der Waals surface area contributed by atoms with Crippen LogP contribution in [0.15, 0.2) is 34.9 Å². The van der Waals surface area contributed by atoms with Crippen molar-refractivity contribution in [2.75, 3.05) is 12.9 Å². The lowest BCUT2D eigenvalue weighted by molar-refractivity contribution is 0.0898. The van der Waals surface area contributed by atoms with Gasteiger partial charge in [0, 0.05) is 27.9 Å². The number of carbonyl (C=O) groups is 1. The number of thioether (sulfide) groups is 1. The largest absolute Gasteiger partial charge is 0.395 e. The number of hydrogen-bond acceptors (Lipinski definition) is 5. The maximum atomic E-state index is 12.1. The van der Waals surface area contributed by atoms with Gasteiger partial charge in [-0.1, -0.05) is 28.9 Å². The minimum Gasteiger partial charge on any atom is -0.395 e. The Morgan fingerprint density at radius 2 is 2.27 bits per heavy atom. The van der Waals surface area contributed by atoms with Crippen LogP contribution in [-0.4, -0.2) is 40.3 Å². The highest BCUT2D eigenvalue weighted by atomic mass is 35.5. The van der Waals surface area contributed by atoms with E-state index in [4.69, 9.17) is 16.1 Å². The number of hydrogen-bond donors (Lipinski definition) is 2. The molecule has 0 aliphatic rings. The predicted octanol–water partition coefficient (Wildman–Crippen LogP) is 2.84. The van der Waals surface area contributed by atoms with E-state index < -0.39 is 0 Å². The zero-order chi connectivity index (χ0) is 16.1. The summed E-state index contributed by atoms with van der Waals surface area (Å²) < 4.78 is 5.09. The van der Waals surface area contributed by atoms with Crippen molar-refractivity contribution < 1.29 is 14.4 Å². The molecule has 1 amide bonds. The fraction of sp³-hybridized carbons (Fsp3) is 0.333. The first-order valence-corrected chi connectivity index (χ1v) is 8.39. The van der Waals surface area contributed by atoms with Crippen LogP contribution in [0.3, 0.4) is 0 Å². The van der Waals surface area contributed by atoms with Gasteiger partial charge < -0.3 is 14.9 Å². The molecule has 0 saturated heterocycles. The fourth-order valence-corrected chi connectivity index (χ4v) is 2.79. The molecule has 0 aliphatic carbocycles. The molecular formula is C15H17ClN2O3S. The summed E-state index contributed by atoms with van der Waals surface area (Å²) in [4.78, 5) is 12.1. The minimum atomic E-state index is -0.360. The molecule has 0 bridgehead atoms. The summed E-state index contributed by atoms with van der Waals surface area (Å²) in [5.41, 5.74) is 1.32. The van der Waals surface area contributed by atoms with E-state index in [1.807, 2.05) is 19.2 Å². The molecule has 1 aromatic carbocycles. The number of benzene rings is 1. The molecule has 1 aromatic heterocycles. The first-order chi connectivity index (χ1) is 10.5. The Hall–Kier alpha value is -1.50. The number of carbonyl (C=O) groups excluding carboxylic acids is 1. The van der Waals surface area contributed by atoms with Crippen LogP contribution in [0.1, 0.15) is 17.5 Å². The molecule has 2 aromatic rings. The highest BCUT2D eigenvalue weighted by Crippen LogP contribution is 2.22. The van der Waals surface area contributed by atoms with Crippen molar-refractivity contribution in [3.8, 4) is 11.3 Å². The summed E-state index contributed by atoms with van der Waals surface area (Å²) >= 11 is 7.43. The summed E-state index contributed by atoms with van der Waals surface area (Å²) in [6.45, 7) is 1.83. The average Bonchev–Trinajstić information content (AvgIpc) is 2.98. The molecule has 1 heterocycles. The number of aromatic nitrogens is 1. The molecule has 2 atom stereocenters. The summed E-state index contributed by atoms with van der Waals surface area (Å²) in [6, 6.07) is 8.53. The van der Waals surface area contributed by atoms with Crippen LogP contribution < -0.4 is 5.32 Å². The first kappa shape index (κ1) is 16.9. The molecule has 2 N–H and O–H groups in total. The number of halogens is 1. The molecule has 2 rings (SSSR count). The van der Waals surface area contributed by atoms with Gasteiger partial charge in [-0.15, -0.1) is 0 Å². The first-order valence-electron chi connectivity index (χ1n) is 6.72. The van der Waals surface area contributed by atoms with Crippen molar-refractivity contribution in [1.29, 1.82) is 0 Å². The van der Waals surface area contributed by atoms with Crippen molar-refractivity contribution in [2.24, 2.45) is 0 Å². The predicted molar refractivity (Wildman–Crippen MR) is 88.3 cm³/mol. The standard InChI is InChI=1S/C15H17ClN2O3S/c1-9(14(8-19)22-2)17-15(20)13-7-12(18-21-13)10-4-3-5-11(16)6-10/h3-7,9,14,19H,8H2,1-2H3,(H,17,20). The topological polar surface area (TPSA) is 75.4 Å². The Bertz CT molecular complexity index is 643. The molecule has 2 unspecified atom stereocenters. The van der Waals surface area contributed by atoms with Crippen LogP contribution in [0.25, 0.3) is 11.3 Å². The van der Waals surface area contributed by atoms with Gasteiger partial charge in [0.05, 0.1) is 6.61 Å². The van der Waals surface area contributed by atoms with Crippen molar-refractivity contribution in [1.82, 2.24) is 10.5 Å². The third-order valence-electron chi connectivity index (χ3n) is 3.25. The van der Waals surface area contributed by atoms with Gasteiger partial charge in [0.25, 0.3) is 5.91 Å². The van der Waals surface area contributed by atoms with Crippen molar-refractivity contribution in [3.05, 3.63) is 41.1 Å². The van der Waals surface area contributed by atoms with E-state index in [2.05, 4.69) is 10.5 Å². The zero-order valence-corrected chi connectivity index (χ0v) is 13.8. The van der Waals surface area contributed by atoms with E-state index in [1.54, 1.807) is 24.3 Å². The van der Waals surface area contributed by atoms with Crippen LogP contribution in [0, 0.1) is 0 Å². The Kier molecular flexibility index (Phi) is 5.88. The molecule has 0 aliphatic heterocycles. The number of amides is 1. The molecule has 5 nitrogen and oxygen atoms in total. The smallest absolute Gasteiger partial charge is 0.290 e. The van der Waals surface area contributed by atoms with Gasteiger partial charge in [-0.3, -0.25) is 4.79 Å². The maximum Gasteiger partial charge on any atom is 0.290 e. The summed E-state index contributed by atoms with van der Waals surface area (Å²) in [5.74, 6) is -0.236. The number of rotatable bonds is 6. The molecular weight excluding hydrogens is 324 g/mol. The highest BCUT2D eigenvalue weighted by molar-refractivity contribution is 7.99. The van der Waals surface area contributed by atoms with Crippen molar-refractivity contribution >= 4 is 29.3 Å². The monoisotopic (exact) mass is 340 g/mol. The normalized spacial score (nSPS) is 13.6. The number of nitrogens with one attached hydrogen (secondary N) is 1. The van der Waals surface area contributed by atoms with Gasteiger partial charge in [-0.05, 0) is 25.3 Å². The van der Waals surface area contributed by atoms with E-state index in [0.717, 1.165) is 5.56 Å². The molecule has 22 heavy (non-hydrogen) atoms. The number of aliphatic hydroxyl groups excluding tert-OH is 1. The molecule has 0 fully saturated rings. The summed E-state index contributed by atoms with van der Waals surface area (Å²) in [5, 5.41) is 16.4. The Balaban J connectivity index is 2.09. The van der Waals surface area contributed by atoms with Crippen LogP contribution in [-0.2, 0) is 0 Å². The van der Waals surface area contributed by atoms with Gasteiger partial charge in [0.2, 0.25) is 5.76 Å². The lowest BCUT2D eigenvalue weighted by Crippen LogP contribution is -2.41. The number of nitrogens with zero attached hydrogens (tertiary/aromatic N) is 1. The molecule has 0 saturated carbocycles. The van der Waals surface area contributed by atoms with Crippen LogP contribution in [0.2, 0.25) is 5.02 Å². The van der Waals surface area contributed by atoms with E-state index in [-0.39, 0.29) is 29.6 Å². The molecule has 0 spiro atoms. The maximum absolute atomic E-state index is 12.1. The number of aliphatic hydroxyl groups is 1. The second kappa shape index (κ2) is 7.67. The molecule has 118 valence electrons. The highest BCUT2D eigenvalue weighted by Gasteiger charge is 2.21. The Morgan fingerprint density at radius 3 is 2.91 bits per heavy atom. The second-order valence-corrected chi connectivity index (χ2v) is 6.32. The van der Waals surface area contributed by atoms with Gasteiger partial charge in [-0.2, -0.15) is 11.8 Å². The summed E-state index contributed by atoms with van der Waals surface area (Å²) in [6.07, 6.45) is 1.88. The van der Waals surface area contributed by atoms with E-state index in [1.165, 1.54) is 11.8 Å². The fourth-order valence-electron chi connectivity index (χ4n) is 1.97. The molecule has 7 heteroatoms. The van der Waals surface area contributed by atoms with E-state index in [9.17, 15) is 9.90 Å². The van der Waals surface area contributed by atoms with Gasteiger partial charge in [-0.25, -0.2) is 0 Å². The van der Waals surface area contributed by atoms with Crippen LogP contribution >= 0.6 is 23.4 Å². The average molecular weight is 341 g/mol. The lowest BCUT2D eigenvalue weighted by Gasteiger charge is -2.20. The Labute approximate surface area is 138 Å². The third-order valence-corrected chi connectivity index (χ3v) is 4.65. The summed E-state index contributed by atoms with van der Waals surface area (Å²) in [7, 11) is 0. The van der Waals surface area contributed by atoms with E-state index in [0.29, 0.717) is 10.7 Å². The van der Waals surface area contributed by atoms with Crippen LogP contribution in [0.5, 0.6) is 0 Å². The minimum absolute atomic E-state index is 0.00716. The van der Waals surface area contributed by atoms with Crippen molar-refractivity contribution in [3.63, 3.8) is 0 Å². The molecule has 0 radical (unpaired) electrons. The lowest BCUT2D eigenvalue weighted by atomic mass is 10.1. The van der Waals surface area contributed by atoms with Gasteiger partial charge >= 0.3 is 0 Å². The van der Waals surface area contributed by atoms with Crippen molar-refractivity contribution in [2.45, 2.75) is 18.2 Å². The Morgan fingerprint density at radius 1 is 1.50 bits per heavy atom.